The summed E-state index contributed by atoms with van der Waals surface area (Å²) in [6.45, 7) is 17.9. The summed E-state index contributed by atoms with van der Waals surface area (Å²) in [5, 5.41) is 58.0. The predicted octanol–water partition coefficient (Wildman–Crippen LogP) is 5.56. The van der Waals surface area contributed by atoms with Crippen LogP contribution in [0.3, 0.4) is 0 Å². The van der Waals surface area contributed by atoms with E-state index in [4.69, 9.17) is 30.6 Å². The van der Waals surface area contributed by atoms with Crippen molar-refractivity contribution in [3.05, 3.63) is 12.2 Å². The molecule has 0 amide bonds. The Kier molecular flexibility index (Phi) is 12.4. The van der Waals surface area contributed by atoms with Gasteiger partial charge in [0.15, 0.2) is 0 Å². The molecular weight excluding hydrogens is 817 g/mol. The lowest BCUT2D eigenvalue weighted by Crippen LogP contribution is -2.74. The lowest BCUT2D eigenvalue weighted by Gasteiger charge is -2.68. The van der Waals surface area contributed by atoms with Crippen LogP contribution in [0, 0.1) is 68.0 Å². The highest BCUT2D eigenvalue weighted by Gasteiger charge is 2.74. The summed E-state index contributed by atoms with van der Waals surface area (Å²) < 4.78 is 12.4. The van der Waals surface area contributed by atoms with Crippen molar-refractivity contribution in [2.75, 3.05) is 26.3 Å². The van der Waals surface area contributed by atoms with Crippen LogP contribution < -0.4 is 11.5 Å². The van der Waals surface area contributed by atoms with E-state index in [0.717, 1.165) is 49.9 Å². The molecule has 0 aliphatic heterocycles. The van der Waals surface area contributed by atoms with Crippen molar-refractivity contribution in [3.63, 3.8) is 0 Å². The van der Waals surface area contributed by atoms with E-state index >= 15 is 0 Å². The quantitative estimate of drug-likeness (QED) is 0.0686. The molecule has 8 aliphatic rings. The summed E-state index contributed by atoms with van der Waals surface area (Å²) in [5.74, 6) is 0.00629. The molecular formula is C50H80N4O10. The normalized spacial score (nSPS) is 48.9. The second-order valence-electron chi connectivity index (χ2n) is 23.6. The Bertz CT molecular complexity index is 1770. The first kappa shape index (κ1) is 47.9. The number of oxime groups is 2. The summed E-state index contributed by atoms with van der Waals surface area (Å²) in [7, 11) is 0. The van der Waals surface area contributed by atoms with Crippen LogP contribution in [-0.2, 0) is 28.7 Å². The van der Waals surface area contributed by atoms with Crippen LogP contribution in [0.5, 0.6) is 0 Å². The number of nitrogens with two attached hydrogens (primary N) is 2. The zero-order chi connectivity index (χ0) is 46.5. The van der Waals surface area contributed by atoms with Gasteiger partial charge in [-0.2, -0.15) is 0 Å². The number of carbonyl (C=O) groups is 2. The highest BCUT2D eigenvalue weighted by molar-refractivity contribution is 5.93. The van der Waals surface area contributed by atoms with Gasteiger partial charge in [0.25, 0.3) is 0 Å². The van der Waals surface area contributed by atoms with Gasteiger partial charge in [-0.25, -0.2) is 9.59 Å². The summed E-state index contributed by atoms with van der Waals surface area (Å²) >= 11 is 0. The van der Waals surface area contributed by atoms with Crippen molar-refractivity contribution < 1.29 is 49.2 Å². The van der Waals surface area contributed by atoms with Gasteiger partial charge < -0.3 is 51.0 Å². The summed E-state index contributed by atoms with van der Waals surface area (Å²) in [5.41, 5.74) is 6.69. The fourth-order valence-corrected chi connectivity index (χ4v) is 17.3. The molecule has 0 saturated heterocycles. The second kappa shape index (κ2) is 16.6. The zero-order valence-electron chi connectivity index (χ0n) is 39.9. The maximum atomic E-state index is 13.5. The van der Waals surface area contributed by atoms with Crippen LogP contribution in [0.1, 0.15) is 145 Å². The van der Waals surface area contributed by atoms with Crippen molar-refractivity contribution in [3.8, 4) is 0 Å². The maximum absolute atomic E-state index is 13.5. The van der Waals surface area contributed by atoms with Crippen molar-refractivity contribution >= 4 is 23.4 Å². The van der Waals surface area contributed by atoms with E-state index in [1.807, 2.05) is 27.7 Å². The number of ether oxygens (including phenoxy) is 2. The Labute approximate surface area is 380 Å². The van der Waals surface area contributed by atoms with Gasteiger partial charge in [-0.05, 0) is 125 Å². The van der Waals surface area contributed by atoms with Crippen LogP contribution >= 0.6 is 0 Å². The second-order valence-corrected chi connectivity index (χ2v) is 23.6. The number of rotatable bonds is 10. The number of fused-ring (bicyclic) bond motifs is 10. The van der Waals surface area contributed by atoms with Crippen molar-refractivity contribution in [2.45, 2.75) is 181 Å². The highest BCUT2D eigenvalue weighted by Crippen LogP contribution is 2.72. The van der Waals surface area contributed by atoms with Gasteiger partial charge in [0.2, 0.25) is 0 Å². The first-order chi connectivity index (χ1) is 30.0. The Morgan fingerprint density at radius 1 is 0.594 bits per heavy atom. The molecule has 0 radical (unpaired) electrons. The predicted molar refractivity (Wildman–Crippen MR) is 241 cm³/mol. The lowest BCUT2D eigenvalue weighted by molar-refractivity contribution is -0.276. The highest BCUT2D eigenvalue weighted by atomic mass is 16.6. The molecule has 16 atom stereocenters. The van der Waals surface area contributed by atoms with E-state index in [1.54, 1.807) is 0 Å². The average molecular weight is 897 g/mol. The number of hydrogen-bond acceptors (Lipinski definition) is 14. The molecule has 64 heavy (non-hydrogen) atoms. The zero-order valence-corrected chi connectivity index (χ0v) is 39.9. The van der Waals surface area contributed by atoms with Gasteiger partial charge in [0, 0.05) is 57.7 Å². The fraction of sp³-hybridized carbons (Fsp3) is 0.880. The summed E-state index contributed by atoms with van der Waals surface area (Å²) in [6, 6.07) is 0. The monoisotopic (exact) mass is 897 g/mol. The van der Waals surface area contributed by atoms with Crippen molar-refractivity contribution in [2.24, 2.45) is 89.8 Å². The number of aliphatic hydroxyl groups excluding tert-OH is 2. The Balaban J connectivity index is 0.890. The molecule has 8 rings (SSSR count). The van der Waals surface area contributed by atoms with E-state index in [1.165, 1.54) is 12.2 Å². The third-order valence-electron chi connectivity index (χ3n) is 20.8. The summed E-state index contributed by atoms with van der Waals surface area (Å²) in [4.78, 5) is 37.9. The standard InChI is InChI=1S/C50H80N4O10/c1-43(2)35(53-61-25-23-51)17-21-47(7)33-15-19-45(5)31(29(33)27-37(55)49(43,47)59)9-11-39(45)63-41(57)13-14-42(58)64-40-12-10-32-30-28-38(56)50(60)44(3,4)36(54-62-26-24-52)18-22-48(50,8)34(30)16-20-46(32,40)6/h13-14,29-34,37-40,55-56,59-60H,9-12,15-28,51-52H2,1-8H3/b14-13+,53-35+,54-36+/t29-,30-,31-,32-,33+,34+,37?,38?,39?,40?,45-,46-,47+,48+,49?,50?/m0/s1. The van der Waals surface area contributed by atoms with Crippen molar-refractivity contribution in [1.29, 1.82) is 0 Å². The van der Waals surface area contributed by atoms with Crippen LogP contribution in [0.25, 0.3) is 0 Å². The Morgan fingerprint density at radius 3 is 1.33 bits per heavy atom. The van der Waals surface area contributed by atoms with Gasteiger partial charge >= 0.3 is 11.9 Å². The van der Waals surface area contributed by atoms with Crippen LogP contribution in [-0.4, -0.2) is 106 Å². The first-order valence-electron chi connectivity index (χ1n) is 24.7. The molecule has 0 aromatic carbocycles. The molecule has 0 aromatic heterocycles. The minimum atomic E-state index is -1.39. The fourth-order valence-electron chi connectivity index (χ4n) is 17.3. The Hall–Kier alpha value is -2.62. The first-order valence-corrected chi connectivity index (χ1v) is 24.7. The SMILES string of the molecule is CC1(C)/C(=N/OCCN)CC[C@]2(C)[C@@H]3CC[C@]4(C)C(OC(=O)/C=C/C(=O)OC5CC[C@H]6[C@@H]7CC(O)C8(O)C(C)(C)/C(=N/OCCN)CC[C@]8(C)[C@@H]7CC[C@]56C)CC[C@H]4[C@@H]3CC(O)C12O. The molecule has 6 unspecified atom stereocenters. The van der Waals surface area contributed by atoms with Gasteiger partial charge in [-0.1, -0.05) is 65.7 Å². The number of hydrogen-bond donors (Lipinski definition) is 6. The third kappa shape index (κ3) is 6.66. The lowest BCUT2D eigenvalue weighted by atomic mass is 9.38. The number of aliphatic hydroxyl groups is 4. The largest absolute Gasteiger partial charge is 0.459 e. The Morgan fingerprint density at radius 2 is 0.969 bits per heavy atom. The molecule has 8 fully saturated rings. The molecule has 14 nitrogen and oxygen atoms in total. The molecule has 14 heteroatoms. The smallest absolute Gasteiger partial charge is 0.331 e. The minimum Gasteiger partial charge on any atom is -0.459 e. The van der Waals surface area contributed by atoms with Gasteiger partial charge in [-0.3, -0.25) is 0 Å². The number of esters is 2. The van der Waals surface area contributed by atoms with E-state index in [9.17, 15) is 30.0 Å². The molecule has 8 N–H and O–H groups in total. The third-order valence-corrected chi connectivity index (χ3v) is 20.8. The molecule has 360 valence electrons. The van der Waals surface area contributed by atoms with Crippen molar-refractivity contribution in [1.82, 2.24) is 0 Å². The van der Waals surface area contributed by atoms with Gasteiger partial charge in [-0.15, -0.1) is 0 Å². The summed E-state index contributed by atoms with van der Waals surface area (Å²) in [6.07, 6.45) is 10.0. The van der Waals surface area contributed by atoms with Crippen LogP contribution in [0.15, 0.2) is 22.5 Å². The molecule has 0 bridgehead atoms. The topological polar surface area (TPSA) is 229 Å². The molecule has 8 aliphatic carbocycles. The van der Waals surface area contributed by atoms with Gasteiger partial charge in [0.05, 0.1) is 23.6 Å². The molecule has 0 aromatic rings. The number of nitrogens with zero attached hydrogens (tertiary/aromatic N) is 2. The van der Waals surface area contributed by atoms with Gasteiger partial charge in [0.1, 0.15) is 36.6 Å². The van der Waals surface area contributed by atoms with Crippen LogP contribution in [0.4, 0.5) is 0 Å². The van der Waals surface area contributed by atoms with E-state index in [0.29, 0.717) is 77.7 Å². The average Bonchev–Trinajstić information content (AvgIpc) is 3.75. The van der Waals surface area contributed by atoms with E-state index in [2.05, 4.69) is 38.0 Å². The maximum Gasteiger partial charge on any atom is 0.331 e. The minimum absolute atomic E-state index is 0.164. The molecule has 0 heterocycles. The molecule has 0 spiro atoms. The number of carbonyl (C=O) groups excluding carboxylic acids is 2. The molecule has 8 saturated carbocycles. The van der Waals surface area contributed by atoms with E-state index in [-0.39, 0.29) is 58.5 Å². The van der Waals surface area contributed by atoms with Crippen LogP contribution in [0.2, 0.25) is 0 Å². The van der Waals surface area contributed by atoms with E-state index < -0.39 is 57.0 Å².